The van der Waals surface area contributed by atoms with Crippen molar-refractivity contribution in [3.8, 4) is 0 Å². The van der Waals surface area contributed by atoms with E-state index >= 15 is 0 Å². The molecule has 1 rings (SSSR count). The van der Waals surface area contributed by atoms with E-state index in [1.807, 2.05) is 0 Å². The van der Waals surface area contributed by atoms with Crippen LogP contribution in [0.25, 0.3) is 0 Å². The molecule has 0 radical (unpaired) electrons. The number of halogens is 1. The van der Waals surface area contributed by atoms with Crippen molar-refractivity contribution in [2.75, 3.05) is 11.9 Å². The molecule has 14 heavy (non-hydrogen) atoms. The predicted octanol–water partition coefficient (Wildman–Crippen LogP) is 2.86. The van der Waals surface area contributed by atoms with Gasteiger partial charge >= 0.3 is 0 Å². The van der Waals surface area contributed by atoms with Crippen LogP contribution in [0.3, 0.4) is 0 Å². The molecule has 0 saturated heterocycles. The summed E-state index contributed by atoms with van der Waals surface area (Å²) in [6.45, 7) is 6.46. The van der Waals surface area contributed by atoms with Crippen molar-refractivity contribution < 1.29 is 5.11 Å². The van der Waals surface area contributed by atoms with Gasteiger partial charge in [0, 0.05) is 11.0 Å². The largest absolute Gasteiger partial charge is 0.392 e. The highest BCUT2D eigenvalue weighted by Crippen LogP contribution is 2.27. The van der Waals surface area contributed by atoms with E-state index in [0.29, 0.717) is 6.54 Å². The van der Waals surface area contributed by atoms with Gasteiger partial charge < -0.3 is 10.4 Å². The molecule has 0 saturated carbocycles. The SMILES string of the molecule is Cc1cc(C)c(NCC(C)O)c(Br)c1. The zero-order chi connectivity index (χ0) is 10.7. The lowest BCUT2D eigenvalue weighted by atomic mass is 10.1. The summed E-state index contributed by atoms with van der Waals surface area (Å²) in [4.78, 5) is 0. The lowest BCUT2D eigenvalue weighted by Gasteiger charge is -2.13. The second-order valence-corrected chi connectivity index (χ2v) is 4.52. The van der Waals surface area contributed by atoms with Gasteiger partial charge in [-0.25, -0.2) is 0 Å². The van der Waals surface area contributed by atoms with E-state index in [-0.39, 0.29) is 6.10 Å². The smallest absolute Gasteiger partial charge is 0.0684 e. The molecule has 0 amide bonds. The molecule has 1 unspecified atom stereocenters. The Morgan fingerprint density at radius 3 is 2.57 bits per heavy atom. The van der Waals surface area contributed by atoms with Crippen LogP contribution in [0.4, 0.5) is 5.69 Å². The standard InChI is InChI=1S/C11H16BrNO/c1-7-4-8(2)11(10(12)5-7)13-6-9(3)14/h4-5,9,13-14H,6H2,1-3H3. The van der Waals surface area contributed by atoms with Crippen molar-refractivity contribution in [2.24, 2.45) is 0 Å². The molecule has 0 spiro atoms. The Morgan fingerprint density at radius 2 is 2.07 bits per heavy atom. The Kier molecular flexibility index (Phi) is 3.96. The molecule has 2 nitrogen and oxygen atoms in total. The molecule has 0 aliphatic carbocycles. The highest BCUT2D eigenvalue weighted by molar-refractivity contribution is 9.10. The van der Waals surface area contributed by atoms with Crippen molar-refractivity contribution in [3.05, 3.63) is 27.7 Å². The monoisotopic (exact) mass is 257 g/mol. The summed E-state index contributed by atoms with van der Waals surface area (Å²) in [7, 11) is 0. The number of hydrogen-bond acceptors (Lipinski definition) is 2. The first kappa shape index (κ1) is 11.5. The highest BCUT2D eigenvalue weighted by Gasteiger charge is 2.05. The second-order valence-electron chi connectivity index (χ2n) is 3.67. The normalized spacial score (nSPS) is 12.6. The quantitative estimate of drug-likeness (QED) is 0.873. The van der Waals surface area contributed by atoms with Crippen LogP contribution in [0.2, 0.25) is 0 Å². The number of aliphatic hydroxyl groups is 1. The molecular weight excluding hydrogens is 242 g/mol. The maximum absolute atomic E-state index is 9.17. The minimum Gasteiger partial charge on any atom is -0.392 e. The van der Waals surface area contributed by atoms with Crippen molar-refractivity contribution >= 4 is 21.6 Å². The van der Waals surface area contributed by atoms with Gasteiger partial charge in [-0.2, -0.15) is 0 Å². The average molecular weight is 258 g/mol. The molecule has 0 aliphatic rings. The van der Waals surface area contributed by atoms with Gasteiger partial charge in [0.1, 0.15) is 0 Å². The summed E-state index contributed by atoms with van der Waals surface area (Å²) in [5.41, 5.74) is 3.49. The number of aryl methyl sites for hydroxylation is 2. The van der Waals surface area contributed by atoms with Crippen LogP contribution in [0.1, 0.15) is 18.1 Å². The highest BCUT2D eigenvalue weighted by atomic mass is 79.9. The van der Waals surface area contributed by atoms with Gasteiger partial charge in [-0.1, -0.05) is 6.07 Å². The summed E-state index contributed by atoms with van der Waals surface area (Å²) < 4.78 is 1.05. The predicted molar refractivity (Wildman–Crippen MR) is 63.8 cm³/mol. The zero-order valence-electron chi connectivity index (χ0n) is 8.76. The summed E-state index contributed by atoms with van der Waals surface area (Å²) in [5, 5.41) is 12.4. The lowest BCUT2D eigenvalue weighted by Crippen LogP contribution is -2.16. The fourth-order valence-electron chi connectivity index (χ4n) is 1.39. The van der Waals surface area contributed by atoms with E-state index < -0.39 is 0 Å². The maximum Gasteiger partial charge on any atom is 0.0684 e. The van der Waals surface area contributed by atoms with E-state index in [2.05, 4.69) is 47.2 Å². The minimum absolute atomic E-state index is 0.331. The number of hydrogen-bond donors (Lipinski definition) is 2. The summed E-state index contributed by atoms with van der Waals surface area (Å²) in [5.74, 6) is 0. The van der Waals surface area contributed by atoms with Crippen LogP contribution >= 0.6 is 15.9 Å². The van der Waals surface area contributed by atoms with E-state index in [4.69, 9.17) is 0 Å². The van der Waals surface area contributed by atoms with Crippen LogP contribution in [0.5, 0.6) is 0 Å². The van der Waals surface area contributed by atoms with E-state index in [9.17, 15) is 5.11 Å². The van der Waals surface area contributed by atoms with Gasteiger partial charge in [-0.3, -0.25) is 0 Å². The molecular formula is C11H16BrNO. The van der Waals surface area contributed by atoms with Crippen LogP contribution < -0.4 is 5.32 Å². The van der Waals surface area contributed by atoms with Gasteiger partial charge in [-0.15, -0.1) is 0 Å². The first-order valence-corrected chi connectivity index (χ1v) is 5.48. The Bertz CT molecular complexity index is 300. The Labute approximate surface area is 93.5 Å². The first-order chi connectivity index (χ1) is 6.50. The molecule has 2 N–H and O–H groups in total. The second kappa shape index (κ2) is 4.80. The molecule has 0 bridgehead atoms. The third kappa shape index (κ3) is 3.00. The summed E-state index contributed by atoms with van der Waals surface area (Å²) in [6.07, 6.45) is -0.331. The zero-order valence-corrected chi connectivity index (χ0v) is 10.4. The number of anilines is 1. The number of aliphatic hydroxyl groups excluding tert-OH is 1. The van der Waals surface area contributed by atoms with Crippen molar-refractivity contribution in [2.45, 2.75) is 26.9 Å². The fraction of sp³-hybridized carbons (Fsp3) is 0.455. The molecule has 3 heteroatoms. The van der Waals surface area contributed by atoms with E-state index in [1.165, 1.54) is 11.1 Å². The molecule has 0 heterocycles. The maximum atomic E-state index is 9.17. The van der Waals surface area contributed by atoms with Crippen molar-refractivity contribution in [3.63, 3.8) is 0 Å². The number of rotatable bonds is 3. The van der Waals surface area contributed by atoms with Gasteiger partial charge in [0.05, 0.1) is 11.8 Å². The van der Waals surface area contributed by atoms with Gasteiger partial charge in [-0.05, 0) is 53.9 Å². The Morgan fingerprint density at radius 1 is 1.43 bits per heavy atom. The minimum atomic E-state index is -0.331. The average Bonchev–Trinajstić information content (AvgIpc) is 2.01. The molecule has 1 atom stereocenters. The Hall–Kier alpha value is -0.540. The third-order valence-corrected chi connectivity index (χ3v) is 2.63. The van der Waals surface area contributed by atoms with E-state index in [0.717, 1.165) is 10.2 Å². The number of benzene rings is 1. The molecule has 0 fully saturated rings. The van der Waals surface area contributed by atoms with Crippen LogP contribution in [-0.2, 0) is 0 Å². The summed E-state index contributed by atoms with van der Waals surface area (Å²) in [6, 6.07) is 4.19. The molecule has 1 aromatic rings. The van der Waals surface area contributed by atoms with E-state index in [1.54, 1.807) is 6.92 Å². The van der Waals surface area contributed by atoms with Gasteiger partial charge in [0.2, 0.25) is 0 Å². The molecule has 0 aliphatic heterocycles. The molecule has 1 aromatic carbocycles. The first-order valence-electron chi connectivity index (χ1n) is 4.69. The fourth-order valence-corrected chi connectivity index (χ4v) is 2.20. The molecule has 0 aromatic heterocycles. The third-order valence-electron chi connectivity index (χ3n) is 2.01. The van der Waals surface area contributed by atoms with Crippen LogP contribution in [-0.4, -0.2) is 17.8 Å². The van der Waals surface area contributed by atoms with Crippen molar-refractivity contribution in [1.29, 1.82) is 0 Å². The topological polar surface area (TPSA) is 32.3 Å². The molecule has 78 valence electrons. The summed E-state index contributed by atoms with van der Waals surface area (Å²) >= 11 is 3.50. The van der Waals surface area contributed by atoms with Gasteiger partial charge in [0.15, 0.2) is 0 Å². The van der Waals surface area contributed by atoms with Crippen LogP contribution in [0.15, 0.2) is 16.6 Å². The van der Waals surface area contributed by atoms with Crippen LogP contribution in [0, 0.1) is 13.8 Å². The van der Waals surface area contributed by atoms with Gasteiger partial charge in [0.25, 0.3) is 0 Å². The lowest BCUT2D eigenvalue weighted by molar-refractivity contribution is 0.208. The Balaban J connectivity index is 2.86. The number of nitrogens with one attached hydrogen (secondary N) is 1. The van der Waals surface area contributed by atoms with Crippen molar-refractivity contribution in [1.82, 2.24) is 0 Å².